The van der Waals surface area contributed by atoms with Crippen LogP contribution < -0.4 is 20.9 Å². The molecule has 0 fully saturated rings. The Morgan fingerprint density at radius 3 is 2.05 bits per heavy atom. The Labute approximate surface area is 222 Å². The minimum atomic E-state index is -4.28. The zero-order valence-electron chi connectivity index (χ0n) is 20.7. The minimum Gasteiger partial charge on any atom is -0.494 e. The van der Waals surface area contributed by atoms with Crippen molar-refractivity contribution in [1.82, 2.24) is 0 Å². The van der Waals surface area contributed by atoms with Gasteiger partial charge in [-0.05, 0) is 78.2 Å². The van der Waals surface area contributed by atoms with Gasteiger partial charge in [0.1, 0.15) is 11.5 Å². The fraction of sp³-hybridized carbons (Fsp3) is 0.250. The van der Waals surface area contributed by atoms with E-state index in [1.807, 2.05) is 0 Å². The normalized spacial score (nSPS) is 11.9. The highest BCUT2D eigenvalue weighted by atomic mass is 19.4. The summed E-state index contributed by atoms with van der Waals surface area (Å²) in [5, 5.41) is 0. The van der Waals surface area contributed by atoms with Crippen molar-refractivity contribution in [2.24, 2.45) is 0 Å². The Bertz CT molecular complexity index is 1240. The topological polar surface area (TPSA) is 96.8 Å². The molecular weight excluding hydrogens is 523 g/mol. The molecule has 0 unspecified atom stereocenters. The maximum Gasteiger partial charge on any atom is 0.426 e. The summed E-state index contributed by atoms with van der Waals surface area (Å²) < 4.78 is 80.8. The second kappa shape index (κ2) is 13.0. The van der Waals surface area contributed by atoms with Crippen molar-refractivity contribution in [3.63, 3.8) is 0 Å². The molecule has 3 aromatic carbocycles. The highest BCUT2D eigenvalue weighted by Gasteiger charge is 2.34. The molecule has 0 spiro atoms. The summed E-state index contributed by atoms with van der Waals surface area (Å²) >= 11 is 0. The van der Waals surface area contributed by atoms with Gasteiger partial charge in [0, 0.05) is 30.3 Å². The van der Waals surface area contributed by atoms with Crippen LogP contribution in [0.4, 0.5) is 33.3 Å². The molecule has 0 aliphatic carbocycles. The lowest BCUT2D eigenvalue weighted by Gasteiger charge is -2.18. The fourth-order valence-electron chi connectivity index (χ4n) is 3.43. The Kier molecular flexibility index (Phi) is 9.75. The number of anilines is 2. The quantitative estimate of drug-likeness (QED) is 0.0879. The van der Waals surface area contributed by atoms with Crippen LogP contribution in [-0.2, 0) is 22.1 Å². The molecule has 0 saturated heterocycles. The molecule has 4 N–H and O–H groups in total. The molecule has 0 aliphatic heterocycles. The van der Waals surface area contributed by atoms with Crippen LogP contribution >= 0.6 is 0 Å². The molecule has 3 rings (SSSR count). The van der Waals surface area contributed by atoms with E-state index >= 15 is 0 Å². The second-order valence-electron chi connectivity index (χ2n) is 8.54. The van der Waals surface area contributed by atoms with Crippen LogP contribution in [0.2, 0.25) is 0 Å². The number of rotatable bonds is 12. The van der Waals surface area contributed by atoms with E-state index in [0.717, 1.165) is 17.7 Å². The third kappa shape index (κ3) is 10.2. The first-order chi connectivity index (χ1) is 18.4. The maximum atomic E-state index is 14.6. The van der Waals surface area contributed by atoms with Crippen molar-refractivity contribution in [3.05, 3.63) is 89.5 Å². The van der Waals surface area contributed by atoms with Gasteiger partial charge in [0.15, 0.2) is 0 Å². The molecule has 0 heterocycles. The largest absolute Gasteiger partial charge is 0.494 e. The molecule has 0 saturated carbocycles. The first-order valence-electron chi connectivity index (χ1n) is 11.9. The van der Waals surface area contributed by atoms with E-state index < -0.39 is 30.2 Å². The third-order valence-electron chi connectivity index (χ3n) is 5.27. The van der Waals surface area contributed by atoms with Crippen molar-refractivity contribution < 1.29 is 41.0 Å². The number of alkyl halides is 5. The highest BCUT2D eigenvalue weighted by molar-refractivity contribution is 5.87. The number of nitrogens with two attached hydrogens (primary N) is 2. The van der Waals surface area contributed by atoms with E-state index in [-0.39, 0.29) is 31.1 Å². The minimum absolute atomic E-state index is 0.117. The maximum absolute atomic E-state index is 14.6. The number of carbonyl (C=O) groups is 1. The van der Waals surface area contributed by atoms with E-state index in [1.54, 1.807) is 18.2 Å². The van der Waals surface area contributed by atoms with E-state index in [2.05, 4.69) is 0 Å². The van der Waals surface area contributed by atoms with Gasteiger partial charge in [-0.1, -0.05) is 12.1 Å². The molecule has 0 amide bonds. The van der Waals surface area contributed by atoms with E-state index in [9.17, 15) is 26.7 Å². The van der Waals surface area contributed by atoms with Gasteiger partial charge in [0.25, 0.3) is 0 Å². The van der Waals surface area contributed by atoms with Gasteiger partial charge in [-0.2, -0.15) is 22.0 Å². The lowest BCUT2D eigenvalue weighted by molar-refractivity contribution is -0.185. The number of carbonyl (C=O) groups excluding carboxylic acids is 1. The van der Waals surface area contributed by atoms with Gasteiger partial charge in [0.05, 0.1) is 18.8 Å². The number of nitrogen functional groups attached to an aromatic ring is 2. The molecule has 11 heteroatoms. The van der Waals surface area contributed by atoms with Gasteiger partial charge >= 0.3 is 18.3 Å². The molecule has 6 nitrogen and oxygen atoms in total. The molecular formula is C28H27F5N2O4. The second-order valence-corrected chi connectivity index (χ2v) is 8.54. The Morgan fingerprint density at radius 1 is 0.821 bits per heavy atom. The highest BCUT2D eigenvalue weighted by Crippen LogP contribution is 2.33. The Balaban J connectivity index is 1.46. The van der Waals surface area contributed by atoms with Crippen LogP contribution in [0.3, 0.4) is 0 Å². The van der Waals surface area contributed by atoms with Crippen LogP contribution in [0.1, 0.15) is 29.5 Å². The van der Waals surface area contributed by atoms with Crippen LogP contribution in [0, 0.1) is 0 Å². The predicted octanol–water partition coefficient (Wildman–Crippen LogP) is 6.50. The van der Waals surface area contributed by atoms with Crippen molar-refractivity contribution >= 4 is 23.4 Å². The molecule has 0 radical (unpaired) electrons. The predicted molar refractivity (Wildman–Crippen MR) is 137 cm³/mol. The number of ether oxygens (including phenoxy) is 3. The van der Waals surface area contributed by atoms with Crippen LogP contribution in [0.25, 0.3) is 6.08 Å². The summed E-state index contributed by atoms with van der Waals surface area (Å²) in [6.07, 6.45) is -6.06. The van der Waals surface area contributed by atoms with Crippen LogP contribution in [0.15, 0.2) is 72.8 Å². The molecule has 208 valence electrons. The van der Waals surface area contributed by atoms with Crippen LogP contribution in [-0.4, -0.2) is 25.4 Å². The summed E-state index contributed by atoms with van der Waals surface area (Å²) in [6.45, 7) is -0.0673. The summed E-state index contributed by atoms with van der Waals surface area (Å²) in [5.41, 5.74) is 13.4. The third-order valence-corrected chi connectivity index (χ3v) is 5.27. The number of hydrogen-bond acceptors (Lipinski definition) is 6. The van der Waals surface area contributed by atoms with Gasteiger partial charge < -0.3 is 25.7 Å². The monoisotopic (exact) mass is 550 g/mol. The average Bonchev–Trinajstić information content (AvgIpc) is 2.85. The molecule has 39 heavy (non-hydrogen) atoms. The van der Waals surface area contributed by atoms with Crippen LogP contribution in [0.5, 0.6) is 11.5 Å². The lowest BCUT2D eigenvalue weighted by Crippen LogP contribution is -2.21. The van der Waals surface area contributed by atoms with E-state index in [4.69, 9.17) is 25.7 Å². The Hall–Kier alpha value is -4.28. The number of esters is 1. The van der Waals surface area contributed by atoms with Gasteiger partial charge in [-0.3, -0.25) is 0 Å². The zero-order valence-corrected chi connectivity index (χ0v) is 20.7. The smallest absolute Gasteiger partial charge is 0.426 e. The van der Waals surface area contributed by atoms with Crippen molar-refractivity contribution in [2.45, 2.75) is 31.5 Å². The first-order valence-corrected chi connectivity index (χ1v) is 11.9. The van der Waals surface area contributed by atoms with Crippen molar-refractivity contribution in [2.75, 3.05) is 24.7 Å². The van der Waals surface area contributed by atoms with Gasteiger partial charge in [-0.25, -0.2) is 4.79 Å². The molecule has 0 aliphatic rings. The molecule has 0 atom stereocenters. The van der Waals surface area contributed by atoms with Gasteiger partial charge in [-0.15, -0.1) is 0 Å². The zero-order chi connectivity index (χ0) is 28.5. The summed E-state index contributed by atoms with van der Waals surface area (Å²) in [4.78, 5) is 12.0. The van der Waals surface area contributed by atoms with E-state index in [1.165, 1.54) is 48.6 Å². The summed E-state index contributed by atoms with van der Waals surface area (Å²) in [5.74, 6) is -0.527. The van der Waals surface area contributed by atoms with Crippen molar-refractivity contribution in [3.8, 4) is 11.5 Å². The molecule has 0 bridgehead atoms. The fourth-order valence-corrected chi connectivity index (χ4v) is 3.43. The first kappa shape index (κ1) is 29.3. The standard InChI is InChI=1S/C28H27F5N2O4/c29-27(30,31)13-1-14-37-24-9-5-21(6-10-24)28(32,33)39-25-7-2-19(3-8-25)4-11-26(36)38-15-12-20-16-22(34)18-23(35)17-20/h2-11,16-18H,1,12-15,34-35H2/b11-4+. The number of benzene rings is 3. The molecule has 3 aromatic rings. The number of halogens is 5. The lowest BCUT2D eigenvalue weighted by atomic mass is 10.1. The van der Waals surface area contributed by atoms with E-state index in [0.29, 0.717) is 23.4 Å². The average molecular weight is 551 g/mol. The summed E-state index contributed by atoms with van der Waals surface area (Å²) in [6, 6.07) is 15.3. The van der Waals surface area contributed by atoms with Gasteiger partial charge in [0.2, 0.25) is 0 Å². The molecule has 0 aromatic heterocycles. The number of hydrogen-bond donors (Lipinski definition) is 2. The van der Waals surface area contributed by atoms with Crippen molar-refractivity contribution in [1.29, 1.82) is 0 Å². The summed E-state index contributed by atoms with van der Waals surface area (Å²) in [7, 11) is 0. The Morgan fingerprint density at radius 2 is 1.44 bits per heavy atom. The SMILES string of the molecule is Nc1cc(N)cc(CCOC(=O)/C=C/c2ccc(OC(F)(F)c3ccc(OCCCC(F)(F)F)cc3)cc2)c1.